The van der Waals surface area contributed by atoms with E-state index in [2.05, 4.69) is 9.88 Å². The van der Waals surface area contributed by atoms with Gasteiger partial charge in [0.25, 0.3) is 5.91 Å². The molecule has 0 aliphatic rings. The number of aryl methyl sites for hydroxylation is 1. The molecule has 0 fully saturated rings. The summed E-state index contributed by atoms with van der Waals surface area (Å²) in [5, 5.41) is 3.60. The van der Waals surface area contributed by atoms with Gasteiger partial charge in [-0.25, -0.2) is 4.98 Å². The molecule has 0 bridgehead atoms. The first kappa shape index (κ1) is 22.7. The molecule has 3 aromatic carbocycles. The van der Waals surface area contributed by atoms with Gasteiger partial charge in [-0.3, -0.25) is 4.79 Å². The van der Waals surface area contributed by atoms with Gasteiger partial charge in [0, 0.05) is 5.02 Å². The van der Waals surface area contributed by atoms with Gasteiger partial charge in [-0.1, -0.05) is 35.9 Å². The highest BCUT2D eigenvalue weighted by Crippen LogP contribution is 2.22. The molecular formula is C26H26ClN3O3. The molecule has 1 heterocycles. The van der Waals surface area contributed by atoms with Crippen LogP contribution in [0.1, 0.15) is 24.4 Å². The summed E-state index contributed by atoms with van der Waals surface area (Å²) in [6, 6.07) is 22.5. The second-order valence-electron chi connectivity index (χ2n) is 7.81. The first-order valence-corrected chi connectivity index (χ1v) is 11.2. The van der Waals surface area contributed by atoms with E-state index in [-0.39, 0.29) is 18.6 Å². The number of nitrogens with one attached hydrogen (secondary N) is 1. The van der Waals surface area contributed by atoms with Crippen LogP contribution in [-0.2, 0) is 11.3 Å². The molecule has 1 atom stereocenters. The number of nitrogens with zero attached hydrogens (tertiary/aromatic N) is 2. The van der Waals surface area contributed by atoms with Gasteiger partial charge in [-0.05, 0) is 67.9 Å². The molecule has 0 aliphatic heterocycles. The van der Waals surface area contributed by atoms with Crippen LogP contribution in [0.3, 0.4) is 0 Å². The van der Waals surface area contributed by atoms with Crippen molar-refractivity contribution in [2.75, 3.05) is 13.2 Å². The van der Waals surface area contributed by atoms with Gasteiger partial charge in [-0.2, -0.15) is 0 Å². The minimum Gasteiger partial charge on any atom is -0.492 e. The van der Waals surface area contributed by atoms with E-state index in [1.165, 1.54) is 0 Å². The first-order valence-electron chi connectivity index (χ1n) is 10.8. The molecule has 0 aliphatic carbocycles. The molecule has 1 unspecified atom stereocenters. The highest BCUT2D eigenvalue weighted by atomic mass is 35.5. The lowest BCUT2D eigenvalue weighted by Crippen LogP contribution is -2.33. The Labute approximate surface area is 198 Å². The number of amides is 1. The number of benzene rings is 3. The summed E-state index contributed by atoms with van der Waals surface area (Å²) in [4.78, 5) is 17.3. The Morgan fingerprint density at radius 3 is 2.61 bits per heavy atom. The molecule has 0 radical (unpaired) electrons. The van der Waals surface area contributed by atoms with Gasteiger partial charge in [0.05, 0.1) is 23.6 Å². The van der Waals surface area contributed by atoms with Crippen LogP contribution >= 0.6 is 11.6 Å². The van der Waals surface area contributed by atoms with Crippen molar-refractivity contribution in [2.24, 2.45) is 0 Å². The lowest BCUT2D eigenvalue weighted by atomic mass is 10.2. The van der Waals surface area contributed by atoms with Crippen molar-refractivity contribution in [3.8, 4) is 11.5 Å². The van der Waals surface area contributed by atoms with Crippen LogP contribution < -0.4 is 14.8 Å². The standard InChI is InChI=1S/C26H26ClN3O3/c1-18-6-5-7-22(16-18)32-15-14-30-24-9-4-3-8-23(24)29-26(30)19(2)28-25(31)17-33-21-12-10-20(27)11-13-21/h3-13,16,19H,14-15,17H2,1-2H3,(H,28,31). The number of hydrogen-bond acceptors (Lipinski definition) is 4. The number of rotatable bonds is 9. The largest absolute Gasteiger partial charge is 0.492 e. The molecule has 4 aromatic rings. The van der Waals surface area contributed by atoms with Crippen molar-refractivity contribution < 1.29 is 14.3 Å². The number of aromatic nitrogens is 2. The maximum Gasteiger partial charge on any atom is 0.258 e. The molecule has 1 amide bonds. The zero-order valence-electron chi connectivity index (χ0n) is 18.6. The third-order valence-electron chi connectivity index (χ3n) is 5.21. The van der Waals surface area contributed by atoms with E-state index in [0.717, 1.165) is 28.2 Å². The van der Waals surface area contributed by atoms with E-state index < -0.39 is 0 Å². The van der Waals surface area contributed by atoms with E-state index in [1.807, 2.05) is 62.4 Å². The van der Waals surface area contributed by atoms with E-state index in [0.29, 0.717) is 23.9 Å². The molecule has 4 rings (SSSR count). The number of fused-ring (bicyclic) bond motifs is 1. The topological polar surface area (TPSA) is 65.4 Å². The average molecular weight is 464 g/mol. The quantitative estimate of drug-likeness (QED) is 0.364. The van der Waals surface area contributed by atoms with Crippen LogP contribution in [0.2, 0.25) is 5.02 Å². The minimum atomic E-state index is -0.308. The average Bonchev–Trinajstić information content (AvgIpc) is 3.18. The van der Waals surface area contributed by atoms with Crippen molar-refractivity contribution in [1.82, 2.24) is 14.9 Å². The molecule has 0 saturated carbocycles. The monoisotopic (exact) mass is 463 g/mol. The third kappa shape index (κ3) is 5.84. The van der Waals surface area contributed by atoms with E-state index in [9.17, 15) is 4.79 Å². The smallest absolute Gasteiger partial charge is 0.258 e. The lowest BCUT2D eigenvalue weighted by molar-refractivity contribution is -0.123. The summed E-state index contributed by atoms with van der Waals surface area (Å²) in [6.45, 7) is 4.94. The number of ether oxygens (including phenoxy) is 2. The number of carbonyl (C=O) groups excluding carboxylic acids is 1. The van der Waals surface area contributed by atoms with E-state index in [1.54, 1.807) is 24.3 Å². The van der Waals surface area contributed by atoms with Gasteiger partial charge in [0.1, 0.15) is 23.9 Å². The second-order valence-corrected chi connectivity index (χ2v) is 8.24. The number of carbonyl (C=O) groups is 1. The van der Waals surface area contributed by atoms with E-state index >= 15 is 0 Å². The van der Waals surface area contributed by atoms with Crippen LogP contribution in [0.5, 0.6) is 11.5 Å². The summed E-state index contributed by atoms with van der Waals surface area (Å²) >= 11 is 5.88. The van der Waals surface area contributed by atoms with Crippen molar-refractivity contribution >= 4 is 28.5 Å². The van der Waals surface area contributed by atoms with Crippen molar-refractivity contribution in [3.63, 3.8) is 0 Å². The summed E-state index contributed by atoms with van der Waals surface area (Å²) in [5.41, 5.74) is 3.03. The first-order chi connectivity index (χ1) is 16.0. The van der Waals surface area contributed by atoms with Crippen molar-refractivity contribution in [2.45, 2.75) is 26.4 Å². The van der Waals surface area contributed by atoms with Crippen LogP contribution in [0, 0.1) is 6.92 Å². The number of para-hydroxylation sites is 2. The molecular weight excluding hydrogens is 438 g/mol. The summed E-state index contributed by atoms with van der Waals surface area (Å²) in [7, 11) is 0. The highest BCUT2D eigenvalue weighted by Gasteiger charge is 2.18. The predicted molar refractivity (Wildman–Crippen MR) is 130 cm³/mol. The summed E-state index contributed by atoms with van der Waals surface area (Å²) in [5.74, 6) is 1.96. The normalized spacial score (nSPS) is 11.8. The highest BCUT2D eigenvalue weighted by molar-refractivity contribution is 6.30. The fourth-order valence-electron chi connectivity index (χ4n) is 3.65. The second kappa shape index (κ2) is 10.4. The van der Waals surface area contributed by atoms with Crippen LogP contribution in [0.15, 0.2) is 72.8 Å². The van der Waals surface area contributed by atoms with Gasteiger partial charge < -0.3 is 19.4 Å². The Morgan fingerprint density at radius 2 is 1.82 bits per heavy atom. The van der Waals surface area contributed by atoms with Gasteiger partial charge in [-0.15, -0.1) is 0 Å². The van der Waals surface area contributed by atoms with Crippen LogP contribution in [-0.4, -0.2) is 28.7 Å². The van der Waals surface area contributed by atoms with Crippen molar-refractivity contribution in [1.29, 1.82) is 0 Å². The van der Waals surface area contributed by atoms with Crippen molar-refractivity contribution in [3.05, 3.63) is 89.2 Å². The molecule has 7 heteroatoms. The Hall–Kier alpha value is -3.51. The number of hydrogen-bond donors (Lipinski definition) is 1. The van der Waals surface area contributed by atoms with Gasteiger partial charge >= 0.3 is 0 Å². The molecule has 1 aromatic heterocycles. The molecule has 0 saturated heterocycles. The molecule has 1 N–H and O–H groups in total. The Balaban J connectivity index is 1.43. The molecule has 33 heavy (non-hydrogen) atoms. The fraction of sp³-hybridized carbons (Fsp3) is 0.231. The van der Waals surface area contributed by atoms with Crippen LogP contribution in [0.4, 0.5) is 0 Å². The SMILES string of the molecule is Cc1cccc(OCCn2c(C(C)NC(=O)COc3ccc(Cl)cc3)nc3ccccc32)c1. The fourth-order valence-corrected chi connectivity index (χ4v) is 3.77. The number of imidazole rings is 1. The predicted octanol–water partition coefficient (Wildman–Crippen LogP) is 5.33. The summed E-state index contributed by atoms with van der Waals surface area (Å²) in [6.07, 6.45) is 0. The maximum absolute atomic E-state index is 12.5. The number of halogens is 1. The van der Waals surface area contributed by atoms with Gasteiger partial charge in [0.15, 0.2) is 6.61 Å². The third-order valence-corrected chi connectivity index (χ3v) is 5.46. The van der Waals surface area contributed by atoms with Crippen LogP contribution in [0.25, 0.3) is 11.0 Å². The Kier molecular flexibility index (Phi) is 7.15. The maximum atomic E-state index is 12.5. The summed E-state index contributed by atoms with van der Waals surface area (Å²) < 4.78 is 13.6. The zero-order chi connectivity index (χ0) is 23.2. The molecule has 6 nitrogen and oxygen atoms in total. The lowest BCUT2D eigenvalue weighted by Gasteiger charge is -2.17. The minimum absolute atomic E-state index is 0.0946. The van der Waals surface area contributed by atoms with E-state index in [4.69, 9.17) is 26.1 Å². The molecule has 170 valence electrons. The Morgan fingerprint density at radius 1 is 1.03 bits per heavy atom. The zero-order valence-corrected chi connectivity index (χ0v) is 19.4. The molecule has 0 spiro atoms. The van der Waals surface area contributed by atoms with Gasteiger partial charge in [0.2, 0.25) is 0 Å². The Bertz CT molecular complexity index is 1240.